The summed E-state index contributed by atoms with van der Waals surface area (Å²) in [5.74, 6) is -0.0169. The number of methoxy groups -OCH3 is 2. The molecule has 0 aromatic heterocycles. The molecule has 0 aliphatic rings. The smallest absolute Gasteiger partial charge is 0.337 e. The fraction of sp³-hybridized carbons (Fsp3) is 0.222. The Morgan fingerprint density at radius 2 is 1.70 bits per heavy atom. The number of hydrogen-bond donors (Lipinski definition) is 0. The molecule has 120 valence electrons. The van der Waals surface area contributed by atoms with Crippen molar-refractivity contribution in [1.82, 2.24) is 0 Å². The number of carbonyl (C=O) groups excluding carboxylic acids is 2. The number of esters is 2. The second-order valence-corrected chi connectivity index (χ2v) is 4.88. The molecule has 5 nitrogen and oxygen atoms in total. The Morgan fingerprint density at radius 1 is 0.957 bits per heavy atom. The molecule has 2 aromatic carbocycles. The van der Waals surface area contributed by atoms with E-state index in [0.717, 1.165) is 16.9 Å². The average Bonchev–Trinajstić information content (AvgIpc) is 2.60. The Bertz CT molecular complexity index is 676. The van der Waals surface area contributed by atoms with E-state index < -0.39 is 5.97 Å². The fourth-order valence-corrected chi connectivity index (χ4v) is 2.03. The maximum Gasteiger partial charge on any atom is 0.337 e. The molecule has 5 heteroatoms. The first-order valence-corrected chi connectivity index (χ1v) is 7.08. The van der Waals surface area contributed by atoms with Gasteiger partial charge in [-0.1, -0.05) is 24.3 Å². The third kappa shape index (κ3) is 4.85. The van der Waals surface area contributed by atoms with Gasteiger partial charge >= 0.3 is 11.9 Å². The van der Waals surface area contributed by atoms with E-state index in [1.165, 1.54) is 7.11 Å². The molecule has 23 heavy (non-hydrogen) atoms. The number of hydrogen-bond acceptors (Lipinski definition) is 5. The summed E-state index contributed by atoms with van der Waals surface area (Å²) >= 11 is 0. The van der Waals surface area contributed by atoms with E-state index in [9.17, 15) is 9.59 Å². The molecule has 0 radical (unpaired) electrons. The van der Waals surface area contributed by atoms with Crippen LogP contribution in [0.4, 0.5) is 0 Å². The minimum Gasteiger partial charge on any atom is -0.497 e. The maximum atomic E-state index is 11.9. The van der Waals surface area contributed by atoms with Crippen LogP contribution in [0.3, 0.4) is 0 Å². The van der Waals surface area contributed by atoms with E-state index in [2.05, 4.69) is 4.74 Å². The van der Waals surface area contributed by atoms with Crippen LogP contribution in [0, 0.1) is 0 Å². The van der Waals surface area contributed by atoms with Crippen LogP contribution in [-0.4, -0.2) is 26.2 Å². The van der Waals surface area contributed by atoms with Crippen molar-refractivity contribution < 1.29 is 23.8 Å². The Hall–Kier alpha value is -2.82. The first kappa shape index (κ1) is 16.5. The molecule has 0 saturated heterocycles. The zero-order chi connectivity index (χ0) is 16.7. The van der Waals surface area contributed by atoms with Crippen LogP contribution < -0.4 is 4.74 Å². The lowest BCUT2D eigenvalue weighted by Crippen LogP contribution is -2.08. The highest BCUT2D eigenvalue weighted by molar-refractivity contribution is 5.89. The van der Waals surface area contributed by atoms with Crippen molar-refractivity contribution in [2.75, 3.05) is 14.2 Å². The molecule has 0 spiro atoms. The highest BCUT2D eigenvalue weighted by atomic mass is 16.5. The van der Waals surface area contributed by atoms with Crippen molar-refractivity contribution in [3.63, 3.8) is 0 Å². The molecule has 0 aliphatic heterocycles. The standard InChI is InChI=1S/C18H18O5/c1-21-16-8-6-13(7-9-16)11-17(19)23-12-14-4-3-5-15(10-14)18(20)22-2/h3-10H,11-12H2,1-2H3. The molecule has 2 aromatic rings. The van der Waals surface area contributed by atoms with Crippen LogP contribution >= 0.6 is 0 Å². The van der Waals surface area contributed by atoms with E-state index >= 15 is 0 Å². The molecule has 0 heterocycles. The molecule has 0 atom stereocenters. The van der Waals surface area contributed by atoms with Crippen LogP contribution in [-0.2, 0) is 27.3 Å². The van der Waals surface area contributed by atoms with Crippen LogP contribution in [0.2, 0.25) is 0 Å². The third-order valence-corrected chi connectivity index (χ3v) is 3.26. The lowest BCUT2D eigenvalue weighted by atomic mass is 10.1. The van der Waals surface area contributed by atoms with Crippen molar-refractivity contribution in [3.05, 3.63) is 65.2 Å². The molecular weight excluding hydrogens is 296 g/mol. The van der Waals surface area contributed by atoms with Gasteiger partial charge < -0.3 is 14.2 Å². The van der Waals surface area contributed by atoms with Crippen molar-refractivity contribution in [3.8, 4) is 5.75 Å². The van der Waals surface area contributed by atoms with Gasteiger partial charge in [-0.05, 0) is 35.4 Å². The summed E-state index contributed by atoms with van der Waals surface area (Å²) in [5, 5.41) is 0. The molecule has 0 fully saturated rings. The third-order valence-electron chi connectivity index (χ3n) is 3.26. The molecule has 0 amide bonds. The van der Waals surface area contributed by atoms with Crippen LogP contribution in [0.25, 0.3) is 0 Å². The summed E-state index contributed by atoms with van der Waals surface area (Å²) in [4.78, 5) is 23.3. The van der Waals surface area contributed by atoms with Crippen molar-refractivity contribution >= 4 is 11.9 Å². The zero-order valence-corrected chi connectivity index (χ0v) is 13.1. The van der Waals surface area contributed by atoms with Crippen LogP contribution in [0.1, 0.15) is 21.5 Å². The van der Waals surface area contributed by atoms with Gasteiger partial charge in [0.05, 0.1) is 26.2 Å². The summed E-state index contributed by atoms with van der Waals surface area (Å²) in [5.41, 5.74) is 2.01. The number of benzene rings is 2. The quantitative estimate of drug-likeness (QED) is 0.767. The van der Waals surface area contributed by atoms with Crippen molar-refractivity contribution in [1.29, 1.82) is 0 Å². The largest absolute Gasteiger partial charge is 0.497 e. The Morgan fingerprint density at radius 3 is 2.35 bits per heavy atom. The normalized spacial score (nSPS) is 10.0. The minimum absolute atomic E-state index is 0.111. The summed E-state index contributed by atoms with van der Waals surface area (Å²) in [6.07, 6.45) is 0.181. The van der Waals surface area contributed by atoms with Crippen molar-refractivity contribution in [2.24, 2.45) is 0 Å². The lowest BCUT2D eigenvalue weighted by Gasteiger charge is -2.07. The van der Waals surface area contributed by atoms with Gasteiger partial charge in [-0.15, -0.1) is 0 Å². The van der Waals surface area contributed by atoms with Gasteiger partial charge in [0.2, 0.25) is 0 Å². The van der Waals surface area contributed by atoms with Crippen LogP contribution in [0.15, 0.2) is 48.5 Å². The average molecular weight is 314 g/mol. The lowest BCUT2D eigenvalue weighted by molar-refractivity contribution is -0.144. The molecule has 0 bridgehead atoms. The van der Waals surface area contributed by atoms with E-state index in [4.69, 9.17) is 9.47 Å². The monoisotopic (exact) mass is 314 g/mol. The maximum absolute atomic E-state index is 11.9. The first-order valence-electron chi connectivity index (χ1n) is 7.08. The highest BCUT2D eigenvalue weighted by Gasteiger charge is 2.08. The van der Waals surface area contributed by atoms with Gasteiger partial charge in [0.1, 0.15) is 12.4 Å². The Labute approximate surface area is 134 Å². The summed E-state index contributed by atoms with van der Waals surface area (Å²) in [6.45, 7) is 0.111. The van der Waals surface area contributed by atoms with Gasteiger partial charge in [-0.3, -0.25) is 4.79 Å². The number of ether oxygens (including phenoxy) is 3. The van der Waals surface area contributed by atoms with Gasteiger partial charge in [0, 0.05) is 0 Å². The minimum atomic E-state index is -0.420. The molecule has 0 aliphatic carbocycles. The molecule has 0 unspecified atom stereocenters. The van der Waals surface area contributed by atoms with E-state index in [1.54, 1.807) is 43.5 Å². The molecule has 2 rings (SSSR count). The summed E-state index contributed by atoms with van der Waals surface area (Å²) in [6, 6.07) is 14.0. The molecule has 0 saturated carbocycles. The first-order chi connectivity index (χ1) is 11.1. The summed E-state index contributed by atoms with van der Waals surface area (Å²) in [7, 11) is 2.91. The van der Waals surface area contributed by atoms with E-state index in [-0.39, 0.29) is 19.0 Å². The van der Waals surface area contributed by atoms with Gasteiger partial charge in [-0.2, -0.15) is 0 Å². The van der Waals surface area contributed by atoms with Gasteiger partial charge in [-0.25, -0.2) is 4.79 Å². The topological polar surface area (TPSA) is 61.8 Å². The molecule has 0 N–H and O–H groups in total. The van der Waals surface area contributed by atoms with Gasteiger partial charge in [0.25, 0.3) is 0 Å². The number of rotatable bonds is 6. The number of carbonyl (C=O) groups is 2. The Balaban J connectivity index is 1.89. The SMILES string of the molecule is COC(=O)c1cccc(COC(=O)Cc2ccc(OC)cc2)c1. The molecular formula is C18H18O5. The predicted molar refractivity (Wildman–Crippen MR) is 84.3 cm³/mol. The van der Waals surface area contributed by atoms with Crippen molar-refractivity contribution in [2.45, 2.75) is 13.0 Å². The van der Waals surface area contributed by atoms with Crippen LogP contribution in [0.5, 0.6) is 5.75 Å². The Kier molecular flexibility index (Phi) is 5.74. The summed E-state index contributed by atoms with van der Waals surface area (Å²) < 4.78 is 15.0. The fourth-order valence-electron chi connectivity index (χ4n) is 2.03. The second kappa shape index (κ2) is 7.98. The second-order valence-electron chi connectivity index (χ2n) is 4.88. The zero-order valence-electron chi connectivity index (χ0n) is 13.1. The van der Waals surface area contributed by atoms with E-state index in [0.29, 0.717) is 5.56 Å². The predicted octanol–water partition coefficient (Wildman–Crippen LogP) is 2.77. The van der Waals surface area contributed by atoms with E-state index in [1.807, 2.05) is 12.1 Å². The highest BCUT2D eigenvalue weighted by Crippen LogP contribution is 2.13. The van der Waals surface area contributed by atoms with Gasteiger partial charge in [0.15, 0.2) is 0 Å².